The summed E-state index contributed by atoms with van der Waals surface area (Å²) in [7, 11) is 0. The van der Waals surface area contributed by atoms with Gasteiger partial charge in [0.25, 0.3) is 0 Å². The van der Waals surface area contributed by atoms with Gasteiger partial charge in [0.2, 0.25) is 0 Å². The van der Waals surface area contributed by atoms with Crippen molar-refractivity contribution in [3.05, 3.63) is 0 Å². The van der Waals surface area contributed by atoms with Crippen LogP contribution in [-0.4, -0.2) is 25.3 Å². The van der Waals surface area contributed by atoms with E-state index < -0.39 is 0 Å². The molecule has 2 saturated carbocycles. The molecule has 0 radical (unpaired) electrons. The van der Waals surface area contributed by atoms with Crippen molar-refractivity contribution in [2.45, 2.75) is 59.1 Å². The summed E-state index contributed by atoms with van der Waals surface area (Å²) in [6, 6.07) is 2.10. The van der Waals surface area contributed by atoms with Gasteiger partial charge in [0.15, 0.2) is 0 Å². The van der Waals surface area contributed by atoms with Crippen molar-refractivity contribution in [1.82, 2.24) is 5.32 Å². The second-order valence-electron chi connectivity index (χ2n) is 6.67. The molecule has 0 aromatic carbocycles. The van der Waals surface area contributed by atoms with Gasteiger partial charge in [-0.25, -0.2) is 0 Å². The summed E-state index contributed by atoms with van der Waals surface area (Å²) in [5, 5.41) is 12.2. The van der Waals surface area contributed by atoms with Gasteiger partial charge >= 0.3 is 0 Å². The van der Waals surface area contributed by atoms with E-state index in [1.165, 1.54) is 19.3 Å². The predicted octanol–water partition coefficient (Wildman–Crippen LogP) is 2.72. The maximum absolute atomic E-state index is 9.04. The van der Waals surface area contributed by atoms with Crippen molar-refractivity contribution in [2.24, 2.45) is 16.7 Å². The number of ether oxygens (including phenoxy) is 1. The van der Waals surface area contributed by atoms with Crippen LogP contribution in [0, 0.1) is 28.1 Å². The Morgan fingerprint density at radius 3 is 2.61 bits per heavy atom. The highest BCUT2D eigenvalue weighted by molar-refractivity contribution is 5.11. The van der Waals surface area contributed by atoms with E-state index >= 15 is 0 Å². The van der Waals surface area contributed by atoms with E-state index in [0.29, 0.717) is 23.5 Å². The van der Waals surface area contributed by atoms with Crippen LogP contribution in [-0.2, 0) is 4.74 Å². The van der Waals surface area contributed by atoms with Crippen molar-refractivity contribution in [1.29, 1.82) is 5.26 Å². The van der Waals surface area contributed by atoms with Gasteiger partial charge in [-0.2, -0.15) is 5.26 Å². The Hall–Kier alpha value is -0.590. The topological polar surface area (TPSA) is 45.0 Å². The Kier molecular flexibility index (Phi) is 3.71. The molecule has 4 unspecified atom stereocenters. The largest absolute Gasteiger partial charge is 0.375 e. The average Bonchev–Trinajstić information content (AvgIpc) is 2.67. The first kappa shape index (κ1) is 13.8. The normalized spacial score (nSPS) is 38.6. The molecule has 1 N–H and O–H groups in total. The van der Waals surface area contributed by atoms with Crippen LogP contribution in [0.1, 0.15) is 47.0 Å². The number of nitrogens with one attached hydrogen (secondary N) is 1. The minimum Gasteiger partial charge on any atom is -0.375 e. The molecular formula is C15H26N2O. The molecule has 2 aliphatic rings. The molecule has 3 nitrogen and oxygen atoms in total. The van der Waals surface area contributed by atoms with Crippen LogP contribution in [0.4, 0.5) is 0 Å². The zero-order chi connectivity index (χ0) is 13.4. The van der Waals surface area contributed by atoms with E-state index in [4.69, 9.17) is 10.00 Å². The second-order valence-corrected chi connectivity index (χ2v) is 6.67. The molecule has 0 heterocycles. The maximum Gasteiger partial charge on any atom is 0.119 e. The zero-order valence-corrected chi connectivity index (χ0v) is 12.1. The molecule has 2 aliphatic carbocycles. The number of likely N-dealkylation sites (N-methyl/N-ethyl adjacent to an activating group) is 1. The van der Waals surface area contributed by atoms with Crippen LogP contribution in [0.25, 0.3) is 0 Å². The van der Waals surface area contributed by atoms with Crippen LogP contribution in [0.5, 0.6) is 0 Å². The van der Waals surface area contributed by atoms with Crippen LogP contribution in [0.3, 0.4) is 0 Å². The molecule has 0 amide bonds. The van der Waals surface area contributed by atoms with Gasteiger partial charge in [-0.05, 0) is 42.6 Å². The summed E-state index contributed by atoms with van der Waals surface area (Å²) in [5.41, 5.74) is 0.682. The first-order valence-electron chi connectivity index (χ1n) is 7.20. The summed E-state index contributed by atoms with van der Waals surface area (Å²) in [5.74, 6) is 0.798. The van der Waals surface area contributed by atoms with E-state index in [-0.39, 0.29) is 6.04 Å². The molecule has 2 fully saturated rings. The van der Waals surface area contributed by atoms with Gasteiger partial charge in [0, 0.05) is 0 Å². The average molecular weight is 250 g/mol. The van der Waals surface area contributed by atoms with Crippen LogP contribution in [0.2, 0.25) is 0 Å². The smallest absolute Gasteiger partial charge is 0.119 e. The highest BCUT2D eigenvalue weighted by atomic mass is 16.5. The minimum atomic E-state index is -0.166. The molecule has 3 heteroatoms. The van der Waals surface area contributed by atoms with Crippen LogP contribution in [0.15, 0.2) is 0 Å². The molecule has 0 aromatic heterocycles. The van der Waals surface area contributed by atoms with Crippen molar-refractivity contribution in [2.75, 3.05) is 13.2 Å². The number of nitriles is 1. The second kappa shape index (κ2) is 4.83. The van der Waals surface area contributed by atoms with Crippen molar-refractivity contribution >= 4 is 0 Å². The standard InChI is InChI=1S/C15H26N2O/c1-5-17-12(9-16)10-18-13-8-11-6-7-15(13,4)14(11,2)3/h11-13,17H,5-8,10H2,1-4H3. The fraction of sp³-hybridized carbons (Fsp3) is 0.933. The van der Waals surface area contributed by atoms with E-state index in [9.17, 15) is 0 Å². The lowest BCUT2D eigenvalue weighted by Crippen LogP contribution is -2.40. The third-order valence-corrected chi connectivity index (χ3v) is 5.78. The molecule has 4 atom stereocenters. The van der Waals surface area contributed by atoms with Crippen LogP contribution < -0.4 is 5.32 Å². The number of hydrogen-bond donors (Lipinski definition) is 1. The number of hydrogen-bond acceptors (Lipinski definition) is 3. The highest BCUT2D eigenvalue weighted by Crippen LogP contribution is 2.66. The summed E-state index contributed by atoms with van der Waals surface area (Å²) >= 11 is 0. The molecule has 0 aliphatic heterocycles. The molecule has 0 saturated heterocycles. The van der Waals surface area contributed by atoms with E-state index in [0.717, 1.165) is 12.5 Å². The Morgan fingerprint density at radius 1 is 1.44 bits per heavy atom. The lowest BCUT2D eigenvalue weighted by molar-refractivity contribution is -0.0494. The third kappa shape index (κ3) is 1.96. The van der Waals surface area contributed by atoms with Crippen molar-refractivity contribution in [3.8, 4) is 6.07 Å². The highest BCUT2D eigenvalue weighted by Gasteiger charge is 2.61. The Labute approximate surface area is 111 Å². The number of nitrogens with zero attached hydrogens (tertiary/aromatic N) is 1. The fourth-order valence-electron chi connectivity index (χ4n) is 3.98. The molecule has 2 rings (SSSR count). The van der Waals surface area contributed by atoms with E-state index in [1.54, 1.807) is 0 Å². The quantitative estimate of drug-likeness (QED) is 0.816. The van der Waals surface area contributed by atoms with Gasteiger partial charge in [-0.3, -0.25) is 0 Å². The Bertz CT molecular complexity index is 347. The first-order chi connectivity index (χ1) is 8.45. The molecule has 18 heavy (non-hydrogen) atoms. The number of rotatable bonds is 5. The van der Waals surface area contributed by atoms with Gasteiger partial charge in [-0.15, -0.1) is 0 Å². The minimum absolute atomic E-state index is 0.166. The van der Waals surface area contributed by atoms with Crippen molar-refractivity contribution in [3.63, 3.8) is 0 Å². The Balaban J connectivity index is 1.95. The molecule has 102 valence electrons. The summed E-state index contributed by atoms with van der Waals surface area (Å²) < 4.78 is 6.10. The van der Waals surface area contributed by atoms with Gasteiger partial charge < -0.3 is 10.1 Å². The Morgan fingerprint density at radius 2 is 2.17 bits per heavy atom. The monoisotopic (exact) mass is 250 g/mol. The maximum atomic E-state index is 9.04. The zero-order valence-electron chi connectivity index (χ0n) is 12.1. The molecule has 2 bridgehead atoms. The first-order valence-corrected chi connectivity index (χ1v) is 7.20. The fourth-order valence-corrected chi connectivity index (χ4v) is 3.98. The lowest BCUT2D eigenvalue weighted by Gasteiger charge is -2.39. The van der Waals surface area contributed by atoms with Crippen molar-refractivity contribution < 1.29 is 4.74 Å². The SMILES string of the molecule is CCNC(C#N)COC1CC2CCC1(C)C2(C)C. The van der Waals surface area contributed by atoms with Gasteiger partial charge in [0.1, 0.15) is 6.04 Å². The molecule has 0 aromatic rings. The van der Waals surface area contributed by atoms with Gasteiger partial charge in [0.05, 0.1) is 18.8 Å². The van der Waals surface area contributed by atoms with E-state index in [1.807, 2.05) is 6.92 Å². The third-order valence-electron chi connectivity index (χ3n) is 5.78. The van der Waals surface area contributed by atoms with E-state index in [2.05, 4.69) is 32.2 Å². The predicted molar refractivity (Wildman–Crippen MR) is 72.0 cm³/mol. The van der Waals surface area contributed by atoms with Gasteiger partial charge in [-0.1, -0.05) is 27.7 Å². The summed E-state index contributed by atoms with van der Waals surface area (Å²) in [4.78, 5) is 0. The summed E-state index contributed by atoms with van der Waals surface area (Å²) in [6.45, 7) is 10.5. The lowest BCUT2D eigenvalue weighted by atomic mass is 9.70. The number of fused-ring (bicyclic) bond motifs is 2. The molecule has 0 spiro atoms. The summed E-state index contributed by atoms with van der Waals surface area (Å²) in [6.07, 6.45) is 4.13. The van der Waals surface area contributed by atoms with Crippen LogP contribution >= 0.6 is 0 Å². The molecular weight excluding hydrogens is 224 g/mol.